The summed E-state index contributed by atoms with van der Waals surface area (Å²) in [5, 5.41) is 9.84. The molecule has 1 fully saturated rings. The van der Waals surface area contributed by atoms with E-state index in [4.69, 9.17) is 0 Å². The van der Waals surface area contributed by atoms with Gasteiger partial charge in [0, 0.05) is 0 Å². The van der Waals surface area contributed by atoms with Crippen LogP contribution in [0.25, 0.3) is 0 Å². The van der Waals surface area contributed by atoms with E-state index in [0.29, 0.717) is 0 Å². The highest BCUT2D eigenvalue weighted by molar-refractivity contribution is 4.61. The number of hydrogen-bond acceptors (Lipinski definition) is 1. The Morgan fingerprint density at radius 2 is 1.21 bits per heavy atom. The highest BCUT2D eigenvalue weighted by atomic mass is 16.3. The number of likely N-dealkylation sites (N-methyl/N-ethyl adjacent to an activating group) is 1. The Morgan fingerprint density at radius 1 is 0.750 bits per heavy atom. The first kappa shape index (κ1) is 22.0. The van der Waals surface area contributed by atoms with Gasteiger partial charge in [0.2, 0.25) is 0 Å². The van der Waals surface area contributed by atoms with Crippen molar-refractivity contribution in [1.29, 1.82) is 0 Å². The zero-order valence-electron chi connectivity index (χ0n) is 16.9. The minimum atomic E-state index is -0.0459. The molecular weight excluding hydrogens is 294 g/mol. The molecule has 0 saturated carbocycles. The van der Waals surface area contributed by atoms with E-state index < -0.39 is 0 Å². The first-order valence-corrected chi connectivity index (χ1v) is 11.2. The highest BCUT2D eigenvalue weighted by Gasteiger charge is 2.29. The average molecular weight is 341 g/mol. The van der Waals surface area contributed by atoms with Gasteiger partial charge in [-0.05, 0) is 25.7 Å². The molecule has 0 amide bonds. The van der Waals surface area contributed by atoms with E-state index >= 15 is 0 Å². The lowest BCUT2D eigenvalue weighted by atomic mass is 10.0. The number of likely N-dealkylation sites (tertiary alicyclic amines) is 1. The molecule has 1 aliphatic rings. The maximum absolute atomic E-state index is 9.84. The fraction of sp³-hybridized carbons (Fsp3) is 1.00. The van der Waals surface area contributed by atoms with Gasteiger partial charge in [-0.1, -0.05) is 84.0 Å². The van der Waals surface area contributed by atoms with E-state index in [9.17, 15) is 5.11 Å². The molecule has 2 heteroatoms. The summed E-state index contributed by atoms with van der Waals surface area (Å²) in [7, 11) is 2.34. The van der Waals surface area contributed by atoms with Crippen LogP contribution >= 0.6 is 0 Å². The molecule has 2 atom stereocenters. The lowest BCUT2D eigenvalue weighted by molar-refractivity contribution is -0.917. The number of aliphatic hydroxyl groups excluding tert-OH is 1. The summed E-state index contributed by atoms with van der Waals surface area (Å²) >= 11 is 0. The maximum atomic E-state index is 9.84. The van der Waals surface area contributed by atoms with Crippen LogP contribution in [-0.2, 0) is 0 Å². The predicted molar refractivity (Wildman–Crippen MR) is 106 cm³/mol. The second kappa shape index (κ2) is 14.1. The summed E-state index contributed by atoms with van der Waals surface area (Å²) < 4.78 is 1.11. The van der Waals surface area contributed by atoms with Crippen molar-refractivity contribution >= 4 is 0 Å². The van der Waals surface area contributed by atoms with Crippen LogP contribution in [0, 0.1) is 0 Å². The largest absolute Gasteiger partial charge is 0.387 e. The Morgan fingerprint density at radius 3 is 1.67 bits per heavy atom. The molecule has 1 saturated heterocycles. The third kappa shape index (κ3) is 11.5. The van der Waals surface area contributed by atoms with Crippen LogP contribution in [-0.4, -0.2) is 42.4 Å². The summed E-state index contributed by atoms with van der Waals surface area (Å²) in [6.07, 6.45) is 22.2. The number of rotatable bonds is 15. The molecule has 0 aromatic heterocycles. The first-order chi connectivity index (χ1) is 11.7. The SMILES string of the molecule is CCCCCCCCCCCCCCCC[N+]1(C)CCCC(O)C1. The van der Waals surface area contributed by atoms with Crippen molar-refractivity contribution in [3.05, 3.63) is 0 Å². The summed E-state index contributed by atoms with van der Waals surface area (Å²) in [5.41, 5.74) is 0. The molecule has 0 aliphatic carbocycles. The van der Waals surface area contributed by atoms with Crippen LogP contribution in [0.2, 0.25) is 0 Å². The fourth-order valence-electron chi connectivity index (χ4n) is 4.29. The topological polar surface area (TPSA) is 20.2 Å². The summed E-state index contributed by atoms with van der Waals surface area (Å²) in [6, 6.07) is 0. The smallest absolute Gasteiger partial charge is 0.105 e. The summed E-state index contributed by atoms with van der Waals surface area (Å²) in [6.45, 7) is 5.82. The predicted octanol–water partition coefficient (Wildman–Crippen LogP) is 6.07. The van der Waals surface area contributed by atoms with Gasteiger partial charge in [0.05, 0.1) is 20.1 Å². The van der Waals surface area contributed by atoms with Crippen LogP contribution in [0.1, 0.15) is 110 Å². The average Bonchev–Trinajstić information content (AvgIpc) is 2.55. The normalized spacial score (nSPS) is 24.4. The van der Waals surface area contributed by atoms with E-state index in [1.807, 2.05) is 0 Å². The minimum Gasteiger partial charge on any atom is -0.387 e. The number of aliphatic hydroxyl groups is 1. The molecule has 1 N–H and O–H groups in total. The molecule has 0 radical (unpaired) electrons. The van der Waals surface area contributed by atoms with Crippen molar-refractivity contribution in [3.63, 3.8) is 0 Å². The Balaban J connectivity index is 1.79. The third-order valence-electron chi connectivity index (χ3n) is 5.94. The van der Waals surface area contributed by atoms with Gasteiger partial charge in [-0.25, -0.2) is 0 Å². The zero-order valence-corrected chi connectivity index (χ0v) is 16.9. The molecule has 1 heterocycles. The van der Waals surface area contributed by atoms with Crippen molar-refractivity contribution < 1.29 is 9.59 Å². The Kier molecular flexibility index (Phi) is 12.9. The van der Waals surface area contributed by atoms with Crippen molar-refractivity contribution in [2.45, 2.75) is 116 Å². The number of nitrogens with zero attached hydrogens (tertiary/aromatic N) is 1. The molecule has 0 aromatic carbocycles. The molecule has 24 heavy (non-hydrogen) atoms. The van der Waals surface area contributed by atoms with Crippen molar-refractivity contribution in [2.75, 3.05) is 26.7 Å². The van der Waals surface area contributed by atoms with Crippen LogP contribution < -0.4 is 0 Å². The van der Waals surface area contributed by atoms with Gasteiger partial charge in [-0.3, -0.25) is 0 Å². The van der Waals surface area contributed by atoms with Gasteiger partial charge in [0.25, 0.3) is 0 Å². The van der Waals surface area contributed by atoms with E-state index in [-0.39, 0.29) is 6.10 Å². The number of hydrogen-bond donors (Lipinski definition) is 1. The Bertz CT molecular complexity index is 281. The number of piperidine rings is 1. The second-order valence-electron chi connectivity index (χ2n) is 8.64. The Labute approximate surface area is 152 Å². The number of quaternary nitrogens is 1. The van der Waals surface area contributed by atoms with Crippen molar-refractivity contribution in [3.8, 4) is 0 Å². The van der Waals surface area contributed by atoms with Crippen molar-refractivity contribution in [2.24, 2.45) is 0 Å². The fourth-order valence-corrected chi connectivity index (χ4v) is 4.29. The quantitative estimate of drug-likeness (QED) is 0.283. The van der Waals surface area contributed by atoms with E-state index in [0.717, 1.165) is 17.4 Å². The van der Waals surface area contributed by atoms with Crippen LogP contribution in [0.4, 0.5) is 0 Å². The molecule has 1 aliphatic heterocycles. The first-order valence-electron chi connectivity index (χ1n) is 11.2. The lowest BCUT2D eigenvalue weighted by Gasteiger charge is -2.40. The van der Waals surface area contributed by atoms with Gasteiger partial charge in [-0.15, -0.1) is 0 Å². The summed E-state index contributed by atoms with van der Waals surface area (Å²) in [5.74, 6) is 0. The zero-order chi connectivity index (χ0) is 17.5. The van der Waals surface area contributed by atoms with Crippen LogP contribution in [0.5, 0.6) is 0 Å². The molecule has 2 unspecified atom stereocenters. The standard InChI is InChI=1S/C22H46NO/c1-3-4-5-6-7-8-9-10-11-12-13-14-15-16-19-23(2)20-17-18-22(24)21-23/h22,24H,3-21H2,1-2H3/q+1. The van der Waals surface area contributed by atoms with Gasteiger partial charge in [0.15, 0.2) is 0 Å². The second-order valence-corrected chi connectivity index (χ2v) is 8.64. The van der Waals surface area contributed by atoms with Gasteiger partial charge in [0.1, 0.15) is 12.6 Å². The van der Waals surface area contributed by atoms with E-state index in [1.54, 1.807) is 0 Å². The van der Waals surface area contributed by atoms with E-state index in [1.165, 1.54) is 109 Å². The monoisotopic (exact) mass is 340 g/mol. The third-order valence-corrected chi connectivity index (χ3v) is 5.94. The van der Waals surface area contributed by atoms with E-state index in [2.05, 4.69) is 14.0 Å². The van der Waals surface area contributed by atoms with Crippen LogP contribution in [0.15, 0.2) is 0 Å². The highest BCUT2D eigenvalue weighted by Crippen LogP contribution is 2.19. The molecule has 144 valence electrons. The number of unbranched alkanes of at least 4 members (excludes halogenated alkanes) is 13. The molecule has 0 spiro atoms. The molecule has 2 nitrogen and oxygen atoms in total. The minimum absolute atomic E-state index is 0.0459. The van der Waals surface area contributed by atoms with Crippen LogP contribution in [0.3, 0.4) is 0 Å². The maximum Gasteiger partial charge on any atom is 0.105 e. The molecule has 1 rings (SSSR count). The lowest BCUT2D eigenvalue weighted by Crippen LogP contribution is -2.53. The molecular formula is C22H46NO+. The summed E-state index contributed by atoms with van der Waals surface area (Å²) in [4.78, 5) is 0. The Hall–Kier alpha value is -0.0800. The molecule has 0 bridgehead atoms. The van der Waals surface area contributed by atoms with Crippen molar-refractivity contribution in [1.82, 2.24) is 0 Å². The molecule has 0 aromatic rings. The van der Waals surface area contributed by atoms with Gasteiger partial charge < -0.3 is 9.59 Å². The van der Waals surface area contributed by atoms with Gasteiger partial charge >= 0.3 is 0 Å². The van der Waals surface area contributed by atoms with Gasteiger partial charge in [-0.2, -0.15) is 0 Å².